The molecule has 0 N–H and O–H groups in total. The summed E-state index contributed by atoms with van der Waals surface area (Å²) in [6, 6.07) is 0. The van der Waals surface area contributed by atoms with Crippen LogP contribution in [0.4, 0.5) is 35.1 Å². The molecule has 1 aromatic rings. The molecule has 0 amide bonds. The summed E-state index contributed by atoms with van der Waals surface area (Å²) in [5, 5.41) is 0. The number of pyridine rings is 1. The third-order valence-electron chi connectivity index (χ3n) is 1.99. The lowest BCUT2D eigenvalue weighted by atomic mass is 10.1. The number of alkyl halides is 9. The van der Waals surface area contributed by atoms with E-state index in [4.69, 9.17) is 11.6 Å². The van der Waals surface area contributed by atoms with Crippen LogP contribution in [-0.4, -0.2) is 11.3 Å². The smallest absolute Gasteiger partial charge is 0.403 e. The molecule has 0 radical (unpaired) electrons. The minimum Gasteiger partial charge on any atom is -0.403 e. The second-order valence-corrected chi connectivity index (χ2v) is 3.62. The first-order chi connectivity index (χ1) is 8.97. The summed E-state index contributed by atoms with van der Waals surface area (Å²) in [4.78, 5) is 2.85. The van der Waals surface area contributed by atoms with Gasteiger partial charge in [-0.2, -0.15) is 13.2 Å². The van der Waals surface area contributed by atoms with Gasteiger partial charge in [-0.15, -0.1) is 24.8 Å². The molecular weight excluding hydrogens is 326 g/mol. The maximum Gasteiger partial charge on any atom is 0.573 e. The van der Waals surface area contributed by atoms with Crippen LogP contribution in [-0.2, 0) is 12.1 Å². The van der Waals surface area contributed by atoms with Gasteiger partial charge >= 0.3 is 12.5 Å². The van der Waals surface area contributed by atoms with E-state index in [2.05, 4.69) is 9.72 Å². The van der Waals surface area contributed by atoms with Gasteiger partial charge in [0.15, 0.2) is 5.75 Å². The summed E-state index contributed by atoms with van der Waals surface area (Å²) in [5.74, 6) is -2.96. The van der Waals surface area contributed by atoms with Crippen molar-refractivity contribution < 1.29 is 39.9 Å². The molecular formula is C9H4ClF8NO. The first-order valence-corrected chi connectivity index (χ1v) is 5.19. The van der Waals surface area contributed by atoms with Crippen molar-refractivity contribution in [3.8, 4) is 5.75 Å². The molecule has 114 valence electrons. The Morgan fingerprint density at radius 3 is 2.05 bits per heavy atom. The summed E-state index contributed by atoms with van der Waals surface area (Å²) >= 11 is 5.15. The number of ether oxygens (including phenoxy) is 1. The SMILES string of the molecule is FC(F)c1ncc(CCl)c(C(F)(F)F)c1OC(F)(F)F. The Kier molecular flexibility index (Phi) is 4.67. The number of halogens is 9. The molecule has 0 aliphatic rings. The zero-order chi connectivity index (χ0) is 15.7. The number of rotatable bonds is 3. The average Bonchev–Trinajstić information content (AvgIpc) is 2.23. The van der Waals surface area contributed by atoms with Crippen molar-refractivity contribution in [3.05, 3.63) is 23.0 Å². The van der Waals surface area contributed by atoms with Crippen molar-refractivity contribution in [2.75, 3.05) is 0 Å². The Balaban J connectivity index is 3.61. The number of hydrogen-bond acceptors (Lipinski definition) is 2. The maximum atomic E-state index is 12.7. The van der Waals surface area contributed by atoms with E-state index >= 15 is 0 Å². The van der Waals surface area contributed by atoms with E-state index in [0.717, 1.165) is 0 Å². The summed E-state index contributed by atoms with van der Waals surface area (Å²) in [5.41, 5.74) is -4.68. The van der Waals surface area contributed by atoms with Crippen LogP contribution in [0.2, 0.25) is 0 Å². The normalized spacial score (nSPS) is 12.9. The van der Waals surface area contributed by atoms with Gasteiger partial charge in [-0.05, 0) is 0 Å². The first kappa shape index (κ1) is 16.7. The van der Waals surface area contributed by atoms with E-state index in [0.29, 0.717) is 6.20 Å². The molecule has 1 rings (SSSR count). The van der Waals surface area contributed by atoms with Crippen LogP contribution < -0.4 is 4.74 Å². The molecule has 0 unspecified atom stereocenters. The molecule has 0 spiro atoms. The van der Waals surface area contributed by atoms with Crippen LogP contribution >= 0.6 is 11.6 Å². The van der Waals surface area contributed by atoms with Crippen molar-refractivity contribution in [3.63, 3.8) is 0 Å². The molecule has 0 aliphatic heterocycles. The lowest BCUT2D eigenvalue weighted by Crippen LogP contribution is -2.23. The van der Waals surface area contributed by atoms with Gasteiger partial charge in [-0.1, -0.05) is 0 Å². The lowest BCUT2D eigenvalue weighted by molar-refractivity contribution is -0.277. The third-order valence-corrected chi connectivity index (χ3v) is 2.28. The molecule has 0 saturated heterocycles. The minimum absolute atomic E-state index is 0.334. The fourth-order valence-corrected chi connectivity index (χ4v) is 1.53. The van der Waals surface area contributed by atoms with Crippen LogP contribution in [0.25, 0.3) is 0 Å². The van der Waals surface area contributed by atoms with Crippen molar-refractivity contribution >= 4 is 11.6 Å². The molecule has 0 atom stereocenters. The first-order valence-electron chi connectivity index (χ1n) is 4.66. The van der Waals surface area contributed by atoms with E-state index in [9.17, 15) is 35.1 Å². The van der Waals surface area contributed by atoms with Gasteiger partial charge in [0.25, 0.3) is 6.43 Å². The van der Waals surface area contributed by atoms with E-state index in [1.807, 2.05) is 0 Å². The summed E-state index contributed by atoms with van der Waals surface area (Å²) in [6.07, 6.45) is -14.3. The third kappa shape index (κ3) is 3.84. The van der Waals surface area contributed by atoms with Gasteiger partial charge < -0.3 is 4.74 Å². The summed E-state index contributed by atoms with van der Waals surface area (Å²) in [6.45, 7) is 0. The average molecular weight is 330 g/mol. The highest BCUT2D eigenvalue weighted by atomic mass is 35.5. The molecule has 0 fully saturated rings. The Hall–Kier alpha value is -1.32. The van der Waals surface area contributed by atoms with E-state index in [1.54, 1.807) is 0 Å². The topological polar surface area (TPSA) is 22.1 Å². The van der Waals surface area contributed by atoms with Crippen molar-refractivity contribution in [2.24, 2.45) is 0 Å². The second-order valence-electron chi connectivity index (χ2n) is 3.35. The van der Waals surface area contributed by atoms with E-state index in [1.165, 1.54) is 0 Å². The highest BCUT2D eigenvalue weighted by molar-refractivity contribution is 6.17. The summed E-state index contributed by atoms with van der Waals surface area (Å²) < 4.78 is 103. The van der Waals surface area contributed by atoms with Gasteiger partial charge in [0.1, 0.15) is 11.3 Å². The Morgan fingerprint density at radius 2 is 1.70 bits per heavy atom. The Bertz CT molecular complexity index is 484. The van der Waals surface area contributed by atoms with Crippen molar-refractivity contribution in [1.29, 1.82) is 0 Å². The predicted molar refractivity (Wildman–Crippen MR) is 50.4 cm³/mol. The van der Waals surface area contributed by atoms with Crippen molar-refractivity contribution in [2.45, 2.75) is 24.8 Å². The standard InChI is InChI=1S/C9H4ClF8NO/c10-1-3-2-19-5(7(11)12)6(20-9(16,17)18)4(3)8(13,14)15/h2,7H,1H2. The van der Waals surface area contributed by atoms with Crippen LogP contribution in [0, 0.1) is 0 Å². The quantitative estimate of drug-likeness (QED) is 0.593. The zero-order valence-electron chi connectivity index (χ0n) is 9.12. The predicted octanol–water partition coefficient (Wildman–Crippen LogP) is 4.68. The molecule has 0 saturated carbocycles. The molecule has 20 heavy (non-hydrogen) atoms. The van der Waals surface area contributed by atoms with Crippen LogP contribution in [0.1, 0.15) is 23.2 Å². The van der Waals surface area contributed by atoms with Gasteiger partial charge in [0.05, 0.1) is 0 Å². The lowest BCUT2D eigenvalue weighted by Gasteiger charge is -2.19. The fraction of sp³-hybridized carbons (Fsp3) is 0.444. The van der Waals surface area contributed by atoms with Crippen LogP contribution in [0.15, 0.2) is 6.20 Å². The van der Waals surface area contributed by atoms with Gasteiger partial charge in [0, 0.05) is 17.6 Å². The summed E-state index contributed by atoms with van der Waals surface area (Å²) in [7, 11) is 0. The van der Waals surface area contributed by atoms with Gasteiger partial charge in [0.2, 0.25) is 0 Å². The van der Waals surface area contributed by atoms with Gasteiger partial charge in [-0.3, -0.25) is 4.98 Å². The van der Waals surface area contributed by atoms with Crippen LogP contribution in [0.3, 0.4) is 0 Å². The second kappa shape index (κ2) is 5.58. The molecule has 11 heteroatoms. The van der Waals surface area contributed by atoms with Crippen molar-refractivity contribution in [1.82, 2.24) is 4.98 Å². The highest BCUT2D eigenvalue weighted by Gasteiger charge is 2.44. The monoisotopic (exact) mass is 329 g/mol. The van der Waals surface area contributed by atoms with Crippen LogP contribution in [0.5, 0.6) is 5.75 Å². The number of hydrogen-bond donors (Lipinski definition) is 0. The molecule has 2 nitrogen and oxygen atoms in total. The zero-order valence-corrected chi connectivity index (χ0v) is 9.87. The van der Waals surface area contributed by atoms with E-state index < -0.39 is 47.4 Å². The largest absolute Gasteiger partial charge is 0.573 e. The van der Waals surface area contributed by atoms with Gasteiger partial charge in [-0.25, -0.2) is 8.78 Å². The molecule has 1 heterocycles. The van der Waals surface area contributed by atoms with E-state index in [-0.39, 0.29) is 0 Å². The highest BCUT2D eigenvalue weighted by Crippen LogP contribution is 2.44. The minimum atomic E-state index is -5.59. The molecule has 0 aromatic carbocycles. The fourth-order valence-electron chi connectivity index (χ4n) is 1.33. The molecule has 0 aliphatic carbocycles. The Labute approximate surface area is 111 Å². The number of aromatic nitrogens is 1. The molecule has 1 aromatic heterocycles. The number of nitrogens with zero attached hydrogens (tertiary/aromatic N) is 1. The Morgan fingerprint density at radius 1 is 1.15 bits per heavy atom. The maximum absolute atomic E-state index is 12.7. The molecule has 0 bridgehead atoms.